The van der Waals surface area contributed by atoms with Gasteiger partial charge in [0, 0.05) is 36.2 Å². The van der Waals surface area contributed by atoms with E-state index in [1.165, 1.54) is 4.90 Å². The van der Waals surface area contributed by atoms with Crippen molar-refractivity contribution in [3.05, 3.63) is 34.9 Å². The highest BCUT2D eigenvalue weighted by molar-refractivity contribution is 6.22. The molecular weight excluding hydrogens is 406 g/mol. The van der Waals surface area contributed by atoms with Gasteiger partial charge >= 0.3 is 0 Å². The van der Waals surface area contributed by atoms with Crippen molar-refractivity contribution in [3.8, 4) is 0 Å². The molecule has 0 spiro atoms. The topological polar surface area (TPSA) is 86.8 Å². The van der Waals surface area contributed by atoms with Crippen molar-refractivity contribution in [1.29, 1.82) is 0 Å². The zero-order valence-electron chi connectivity index (χ0n) is 19.3. The number of likely N-dealkylation sites (tertiary alicyclic amines) is 1. The van der Waals surface area contributed by atoms with Crippen LogP contribution in [0.25, 0.3) is 0 Å². The number of benzene rings is 1. The predicted octanol–water partition coefficient (Wildman–Crippen LogP) is 3.38. The van der Waals surface area contributed by atoms with Crippen LogP contribution in [-0.2, 0) is 4.79 Å². The number of hydrogen-bond acceptors (Lipinski definition) is 4. The van der Waals surface area contributed by atoms with Gasteiger partial charge in [-0.15, -0.1) is 0 Å². The third kappa shape index (κ3) is 4.30. The smallest absolute Gasteiger partial charge is 0.261 e. The normalized spacial score (nSPS) is 20.5. The van der Waals surface area contributed by atoms with Crippen LogP contribution in [0.5, 0.6) is 0 Å². The molecule has 0 bridgehead atoms. The van der Waals surface area contributed by atoms with Crippen LogP contribution < -0.4 is 5.32 Å². The summed E-state index contributed by atoms with van der Waals surface area (Å²) in [7, 11) is 0. The Labute approximate surface area is 189 Å². The maximum atomic E-state index is 13.0. The van der Waals surface area contributed by atoms with Crippen LogP contribution in [0.2, 0.25) is 0 Å². The van der Waals surface area contributed by atoms with E-state index < -0.39 is 5.41 Å². The molecule has 1 N–H and O–H groups in total. The monoisotopic (exact) mass is 439 g/mol. The van der Waals surface area contributed by atoms with Crippen LogP contribution in [-0.4, -0.2) is 58.6 Å². The predicted molar refractivity (Wildman–Crippen MR) is 120 cm³/mol. The van der Waals surface area contributed by atoms with Crippen molar-refractivity contribution in [2.24, 2.45) is 5.41 Å². The Hall–Kier alpha value is -2.70. The first-order valence-corrected chi connectivity index (χ1v) is 11.8. The number of nitrogens with one attached hydrogen (secondary N) is 1. The first-order valence-electron chi connectivity index (χ1n) is 11.8. The van der Waals surface area contributed by atoms with Gasteiger partial charge in [0.1, 0.15) is 0 Å². The minimum absolute atomic E-state index is 0.0177. The number of rotatable bonds is 3. The molecule has 32 heavy (non-hydrogen) atoms. The lowest BCUT2D eigenvalue weighted by Crippen LogP contribution is -2.49. The highest BCUT2D eigenvalue weighted by atomic mass is 16.2. The van der Waals surface area contributed by atoms with E-state index in [0.29, 0.717) is 42.6 Å². The quantitative estimate of drug-likeness (QED) is 0.732. The highest BCUT2D eigenvalue weighted by Crippen LogP contribution is 2.31. The Balaban J connectivity index is 1.40. The Morgan fingerprint density at radius 3 is 2.16 bits per heavy atom. The third-order valence-electron chi connectivity index (χ3n) is 6.88. The zero-order chi connectivity index (χ0) is 23.0. The van der Waals surface area contributed by atoms with Crippen LogP contribution in [0.15, 0.2) is 18.2 Å². The Bertz CT molecular complexity index is 935. The zero-order valence-corrected chi connectivity index (χ0v) is 19.3. The van der Waals surface area contributed by atoms with E-state index in [0.717, 1.165) is 32.1 Å². The van der Waals surface area contributed by atoms with E-state index in [1.807, 2.05) is 25.7 Å². The summed E-state index contributed by atoms with van der Waals surface area (Å²) in [6.45, 7) is 6.98. The Morgan fingerprint density at radius 2 is 1.53 bits per heavy atom. The van der Waals surface area contributed by atoms with Gasteiger partial charge in [-0.1, -0.05) is 40.0 Å². The Kier molecular flexibility index (Phi) is 6.10. The van der Waals surface area contributed by atoms with Crippen LogP contribution >= 0.6 is 0 Å². The third-order valence-corrected chi connectivity index (χ3v) is 6.88. The second-order valence-corrected chi connectivity index (χ2v) is 10.3. The number of amides is 4. The van der Waals surface area contributed by atoms with E-state index in [1.54, 1.807) is 18.2 Å². The molecule has 0 atom stereocenters. The van der Waals surface area contributed by atoms with Gasteiger partial charge in [0.05, 0.1) is 11.1 Å². The summed E-state index contributed by atoms with van der Waals surface area (Å²) in [6, 6.07) is 4.75. The molecule has 1 saturated carbocycles. The van der Waals surface area contributed by atoms with E-state index >= 15 is 0 Å². The molecule has 1 aromatic rings. The molecule has 3 aliphatic rings. The SMILES string of the molecule is CC(C)(C)C(=O)N1CCC(NC(=O)c2ccc3c(c2)C(=O)N(C2CCCCC2)C3=O)CC1. The maximum Gasteiger partial charge on any atom is 0.261 e. The lowest BCUT2D eigenvalue weighted by atomic mass is 9.93. The van der Waals surface area contributed by atoms with E-state index in [4.69, 9.17) is 0 Å². The summed E-state index contributed by atoms with van der Waals surface area (Å²) in [5, 5.41) is 3.04. The summed E-state index contributed by atoms with van der Waals surface area (Å²) in [6.07, 6.45) is 6.33. The molecule has 2 heterocycles. The van der Waals surface area contributed by atoms with Crippen molar-refractivity contribution in [3.63, 3.8) is 0 Å². The minimum atomic E-state index is -0.407. The summed E-state index contributed by atoms with van der Waals surface area (Å²) in [5.74, 6) is -0.628. The van der Waals surface area contributed by atoms with E-state index in [-0.39, 0.29) is 35.7 Å². The number of nitrogens with zero attached hydrogens (tertiary/aromatic N) is 2. The van der Waals surface area contributed by atoms with Gasteiger partial charge in [0.25, 0.3) is 17.7 Å². The lowest BCUT2D eigenvalue weighted by Gasteiger charge is -2.36. The molecule has 1 saturated heterocycles. The summed E-state index contributed by atoms with van der Waals surface area (Å²) < 4.78 is 0. The van der Waals surface area contributed by atoms with E-state index in [9.17, 15) is 19.2 Å². The molecule has 7 heteroatoms. The summed E-state index contributed by atoms with van der Waals surface area (Å²) >= 11 is 0. The van der Waals surface area contributed by atoms with Gasteiger partial charge in [0.2, 0.25) is 5.91 Å². The molecule has 1 aromatic carbocycles. The molecule has 1 aliphatic carbocycles. The van der Waals surface area contributed by atoms with Gasteiger partial charge in [0.15, 0.2) is 0 Å². The second-order valence-electron chi connectivity index (χ2n) is 10.3. The molecule has 7 nitrogen and oxygen atoms in total. The van der Waals surface area contributed by atoms with Crippen LogP contribution in [0, 0.1) is 5.41 Å². The molecular formula is C25H33N3O4. The maximum absolute atomic E-state index is 13.0. The minimum Gasteiger partial charge on any atom is -0.349 e. The molecule has 0 radical (unpaired) electrons. The van der Waals surface area contributed by atoms with Gasteiger partial charge < -0.3 is 10.2 Å². The van der Waals surface area contributed by atoms with Crippen LogP contribution in [0.1, 0.15) is 96.8 Å². The fourth-order valence-corrected chi connectivity index (χ4v) is 5.04. The van der Waals surface area contributed by atoms with Crippen molar-refractivity contribution >= 4 is 23.6 Å². The molecule has 0 unspecified atom stereocenters. The standard InChI is InChI=1S/C25H33N3O4/c1-25(2,3)24(32)27-13-11-17(12-14-27)26-21(29)16-9-10-19-20(15-16)23(31)28(22(19)30)18-7-5-4-6-8-18/h9-10,15,17-18H,4-8,11-14H2,1-3H3,(H,26,29). The largest absolute Gasteiger partial charge is 0.349 e. The lowest BCUT2D eigenvalue weighted by molar-refractivity contribution is -0.140. The van der Waals surface area contributed by atoms with Crippen LogP contribution in [0.3, 0.4) is 0 Å². The summed E-state index contributed by atoms with van der Waals surface area (Å²) in [4.78, 5) is 54.4. The van der Waals surface area contributed by atoms with Gasteiger partial charge in [-0.05, 0) is 43.9 Å². The first kappa shape index (κ1) is 22.5. The number of piperidine rings is 1. The average molecular weight is 440 g/mol. The van der Waals surface area contributed by atoms with Crippen LogP contribution in [0.4, 0.5) is 0 Å². The average Bonchev–Trinajstić information content (AvgIpc) is 3.03. The molecule has 4 amide bonds. The van der Waals surface area contributed by atoms with Gasteiger partial charge in [-0.25, -0.2) is 0 Å². The van der Waals surface area contributed by atoms with Crippen molar-refractivity contribution in [2.75, 3.05) is 13.1 Å². The first-order chi connectivity index (χ1) is 15.2. The van der Waals surface area contributed by atoms with Crippen molar-refractivity contribution in [2.45, 2.75) is 77.8 Å². The fraction of sp³-hybridized carbons (Fsp3) is 0.600. The highest BCUT2D eigenvalue weighted by Gasteiger charge is 2.40. The molecule has 2 fully saturated rings. The molecule has 172 valence electrons. The van der Waals surface area contributed by atoms with Gasteiger partial charge in [-0.2, -0.15) is 0 Å². The van der Waals surface area contributed by atoms with E-state index in [2.05, 4.69) is 5.32 Å². The van der Waals surface area contributed by atoms with Crippen molar-refractivity contribution < 1.29 is 19.2 Å². The Morgan fingerprint density at radius 1 is 0.906 bits per heavy atom. The molecule has 2 aliphatic heterocycles. The van der Waals surface area contributed by atoms with Crippen molar-refractivity contribution in [1.82, 2.24) is 15.1 Å². The molecule has 0 aromatic heterocycles. The second kappa shape index (κ2) is 8.68. The number of imide groups is 1. The molecule has 4 rings (SSSR count). The van der Waals surface area contributed by atoms with Gasteiger partial charge in [-0.3, -0.25) is 24.1 Å². The number of hydrogen-bond donors (Lipinski definition) is 1. The number of fused-ring (bicyclic) bond motifs is 1. The fourth-order valence-electron chi connectivity index (χ4n) is 5.04. The summed E-state index contributed by atoms with van der Waals surface area (Å²) in [5.41, 5.74) is 0.712. The number of carbonyl (C=O) groups excluding carboxylic acids is 4. The number of carbonyl (C=O) groups is 4.